The lowest BCUT2D eigenvalue weighted by Crippen LogP contribution is -2.07. The van der Waals surface area contributed by atoms with Gasteiger partial charge in [-0.25, -0.2) is 18.0 Å². The van der Waals surface area contributed by atoms with E-state index in [1.807, 2.05) is 0 Å². The highest BCUT2D eigenvalue weighted by Crippen LogP contribution is 2.27. The van der Waals surface area contributed by atoms with Crippen molar-refractivity contribution in [1.82, 2.24) is 9.55 Å². The Kier molecular flexibility index (Phi) is 3.32. The van der Waals surface area contributed by atoms with Gasteiger partial charge < -0.3 is 0 Å². The lowest BCUT2D eigenvalue weighted by atomic mass is 10.3. The van der Waals surface area contributed by atoms with Crippen LogP contribution in [0.3, 0.4) is 0 Å². The second kappa shape index (κ2) is 5.02. The van der Waals surface area contributed by atoms with Crippen molar-refractivity contribution in [1.29, 1.82) is 0 Å². The zero-order valence-electron chi connectivity index (χ0n) is 10.7. The first kappa shape index (κ1) is 13.9. The molecule has 0 aliphatic rings. The topological polar surface area (TPSA) is 52.0 Å². The van der Waals surface area contributed by atoms with Gasteiger partial charge in [0.15, 0.2) is 10.7 Å². The minimum absolute atomic E-state index is 0.0387. The van der Waals surface area contributed by atoms with Crippen molar-refractivity contribution >= 4 is 36.8 Å². The van der Waals surface area contributed by atoms with Gasteiger partial charge in [-0.2, -0.15) is 0 Å². The number of hydrogen-bond donors (Lipinski definition) is 0. The monoisotopic (exact) mass is 360 g/mol. The average molecular weight is 361 g/mol. The summed E-state index contributed by atoms with van der Waals surface area (Å²) in [6, 6.07) is 13.9. The van der Waals surface area contributed by atoms with E-state index in [1.54, 1.807) is 30.5 Å². The Bertz CT molecular complexity index is 970. The van der Waals surface area contributed by atoms with E-state index in [9.17, 15) is 8.42 Å². The van der Waals surface area contributed by atoms with Gasteiger partial charge in [-0.05, 0) is 40.2 Å². The fourth-order valence-corrected chi connectivity index (χ4v) is 3.85. The molecule has 104 valence electrons. The molecule has 21 heavy (non-hydrogen) atoms. The Morgan fingerprint density at radius 1 is 1.19 bits per heavy atom. The van der Waals surface area contributed by atoms with Gasteiger partial charge >= 0.3 is 0 Å². The van der Waals surface area contributed by atoms with E-state index >= 15 is 0 Å². The molecule has 0 unspecified atom stereocenters. The number of rotatable bonds is 2. The zero-order valence-corrected chi connectivity index (χ0v) is 13.1. The highest BCUT2D eigenvalue weighted by molar-refractivity contribution is 9.10. The molecule has 0 amide bonds. The molecular formula is C15H9BrN2O2S. The second-order valence-electron chi connectivity index (χ2n) is 4.33. The SMILES string of the molecule is C#Cn1c(S(=O)(=O)c2ccccc2)cc2cc(Br)cnc21. The van der Waals surface area contributed by atoms with Gasteiger partial charge in [-0.15, -0.1) is 0 Å². The van der Waals surface area contributed by atoms with E-state index < -0.39 is 9.84 Å². The molecule has 1 aromatic carbocycles. The molecule has 0 saturated heterocycles. The predicted octanol–water partition coefficient (Wildman–Crippen LogP) is 3.07. The Morgan fingerprint density at radius 2 is 1.90 bits per heavy atom. The van der Waals surface area contributed by atoms with Crippen molar-refractivity contribution in [3.63, 3.8) is 0 Å². The van der Waals surface area contributed by atoms with Gasteiger partial charge in [-0.1, -0.05) is 24.6 Å². The van der Waals surface area contributed by atoms with Gasteiger partial charge in [0.05, 0.1) is 4.90 Å². The van der Waals surface area contributed by atoms with Crippen LogP contribution in [0.25, 0.3) is 11.0 Å². The molecule has 0 aliphatic heterocycles. The molecule has 3 rings (SSSR count). The molecule has 0 bridgehead atoms. The summed E-state index contributed by atoms with van der Waals surface area (Å²) in [7, 11) is -3.69. The van der Waals surface area contributed by atoms with Crippen LogP contribution in [0.4, 0.5) is 0 Å². The zero-order chi connectivity index (χ0) is 15.0. The van der Waals surface area contributed by atoms with Crippen LogP contribution < -0.4 is 0 Å². The summed E-state index contributed by atoms with van der Waals surface area (Å²) in [5.41, 5.74) is 0.440. The third-order valence-electron chi connectivity index (χ3n) is 3.03. The van der Waals surface area contributed by atoms with Crippen LogP contribution in [-0.2, 0) is 9.84 Å². The molecule has 3 aromatic rings. The maximum atomic E-state index is 12.7. The van der Waals surface area contributed by atoms with E-state index in [4.69, 9.17) is 6.42 Å². The van der Waals surface area contributed by atoms with Crippen molar-refractivity contribution in [2.24, 2.45) is 0 Å². The number of benzene rings is 1. The van der Waals surface area contributed by atoms with E-state index in [0.29, 0.717) is 11.0 Å². The molecule has 4 nitrogen and oxygen atoms in total. The lowest BCUT2D eigenvalue weighted by Gasteiger charge is -2.04. The first-order valence-corrected chi connectivity index (χ1v) is 8.25. The van der Waals surface area contributed by atoms with E-state index in [2.05, 4.69) is 27.0 Å². The molecule has 6 heteroatoms. The van der Waals surface area contributed by atoms with Crippen LogP contribution in [0.2, 0.25) is 0 Å². The van der Waals surface area contributed by atoms with E-state index in [-0.39, 0.29) is 9.92 Å². The third-order valence-corrected chi connectivity index (χ3v) is 5.21. The molecule has 2 aromatic heterocycles. The Labute approximate surface area is 130 Å². The van der Waals surface area contributed by atoms with Gasteiger partial charge in [0.2, 0.25) is 9.84 Å². The molecule has 0 spiro atoms. The quantitative estimate of drug-likeness (QED) is 0.660. The van der Waals surface area contributed by atoms with Gasteiger partial charge in [0.25, 0.3) is 0 Å². The molecular weight excluding hydrogens is 352 g/mol. The minimum Gasteiger partial charge on any atom is -0.241 e. The fourth-order valence-electron chi connectivity index (χ4n) is 2.09. The average Bonchev–Trinajstić information content (AvgIpc) is 2.86. The number of terminal acetylenes is 1. The van der Waals surface area contributed by atoms with Crippen LogP contribution in [0, 0.1) is 12.5 Å². The molecule has 0 saturated carbocycles. The van der Waals surface area contributed by atoms with Crippen molar-refractivity contribution in [2.75, 3.05) is 0 Å². The largest absolute Gasteiger partial charge is 0.241 e. The van der Waals surface area contributed by atoms with Crippen LogP contribution in [0.1, 0.15) is 0 Å². The first-order valence-electron chi connectivity index (χ1n) is 5.98. The molecule has 0 radical (unpaired) electrons. The first-order chi connectivity index (χ1) is 10.0. The van der Waals surface area contributed by atoms with Crippen LogP contribution in [0.5, 0.6) is 0 Å². The smallest absolute Gasteiger partial charge is 0.223 e. The van der Waals surface area contributed by atoms with Crippen molar-refractivity contribution in [2.45, 2.75) is 9.92 Å². The van der Waals surface area contributed by atoms with Gasteiger partial charge in [0, 0.05) is 22.1 Å². The highest BCUT2D eigenvalue weighted by Gasteiger charge is 2.23. The third kappa shape index (κ3) is 2.24. The molecule has 0 fully saturated rings. The molecule has 0 N–H and O–H groups in total. The number of hydrogen-bond acceptors (Lipinski definition) is 3. The molecule has 2 heterocycles. The number of halogens is 1. The standard InChI is InChI=1S/C15H9BrN2O2S/c1-2-18-14(9-11-8-12(16)10-17-15(11)18)21(19,20)13-6-4-3-5-7-13/h1,3-10H. The number of pyridine rings is 1. The summed E-state index contributed by atoms with van der Waals surface area (Å²) < 4.78 is 27.4. The summed E-state index contributed by atoms with van der Waals surface area (Å²) in [5.74, 6) is 0. The van der Waals surface area contributed by atoms with Crippen molar-refractivity contribution in [3.05, 3.63) is 53.1 Å². The molecule has 0 aliphatic carbocycles. The summed E-state index contributed by atoms with van der Waals surface area (Å²) in [5, 5.41) is 0.702. The summed E-state index contributed by atoms with van der Waals surface area (Å²) >= 11 is 3.31. The number of fused-ring (bicyclic) bond motifs is 1. The predicted molar refractivity (Wildman–Crippen MR) is 83.6 cm³/mol. The van der Waals surface area contributed by atoms with Crippen molar-refractivity contribution in [3.8, 4) is 12.5 Å². The summed E-state index contributed by atoms with van der Waals surface area (Å²) in [6.45, 7) is 0. The fraction of sp³-hybridized carbons (Fsp3) is 0. The number of aromatic nitrogens is 2. The van der Waals surface area contributed by atoms with Gasteiger partial charge in [0.1, 0.15) is 0 Å². The Morgan fingerprint density at radius 3 is 2.57 bits per heavy atom. The minimum atomic E-state index is -3.69. The van der Waals surface area contributed by atoms with E-state index in [0.717, 1.165) is 4.47 Å². The summed E-state index contributed by atoms with van der Waals surface area (Å²) in [4.78, 5) is 4.39. The van der Waals surface area contributed by atoms with Crippen molar-refractivity contribution < 1.29 is 8.42 Å². The van der Waals surface area contributed by atoms with Gasteiger partial charge in [-0.3, -0.25) is 0 Å². The normalized spacial score (nSPS) is 11.4. The lowest BCUT2D eigenvalue weighted by molar-refractivity contribution is 0.591. The number of sulfone groups is 1. The van der Waals surface area contributed by atoms with Crippen LogP contribution >= 0.6 is 15.9 Å². The number of nitrogens with zero attached hydrogens (tertiary/aromatic N) is 2. The Balaban J connectivity index is 2.33. The maximum absolute atomic E-state index is 12.7. The highest BCUT2D eigenvalue weighted by atomic mass is 79.9. The second-order valence-corrected chi connectivity index (χ2v) is 7.14. The van der Waals surface area contributed by atoms with Crippen LogP contribution in [-0.4, -0.2) is 18.0 Å². The maximum Gasteiger partial charge on any atom is 0.223 e. The molecule has 0 atom stereocenters. The summed E-state index contributed by atoms with van der Waals surface area (Å²) in [6.07, 6.45) is 7.05. The van der Waals surface area contributed by atoms with E-state index in [1.165, 1.54) is 22.8 Å². The van der Waals surface area contributed by atoms with Crippen LogP contribution in [0.15, 0.2) is 63.1 Å². The Hall–Kier alpha value is -2.10.